The van der Waals surface area contributed by atoms with Crippen LogP contribution in [0.5, 0.6) is 0 Å². The van der Waals surface area contributed by atoms with E-state index in [-0.39, 0.29) is 6.04 Å². The van der Waals surface area contributed by atoms with Crippen molar-refractivity contribution >= 4 is 0 Å². The van der Waals surface area contributed by atoms with Gasteiger partial charge in [-0.05, 0) is 19.8 Å². The predicted molar refractivity (Wildman–Crippen MR) is 59.1 cm³/mol. The zero-order chi connectivity index (χ0) is 11.1. The molecule has 1 unspecified atom stereocenters. The Bertz CT molecular complexity index is 274. The summed E-state index contributed by atoms with van der Waals surface area (Å²) in [5, 5.41) is 4.22. The van der Waals surface area contributed by atoms with Gasteiger partial charge in [0.2, 0.25) is 0 Å². The number of aryl methyl sites for hydroxylation is 1. The highest BCUT2D eigenvalue weighted by atomic mass is 16.5. The third-order valence-corrected chi connectivity index (χ3v) is 2.42. The average molecular weight is 212 g/mol. The molecule has 0 aliphatic rings. The van der Waals surface area contributed by atoms with Crippen LogP contribution in [0, 0.1) is 0 Å². The normalized spacial score (nSPS) is 13.0. The summed E-state index contributed by atoms with van der Waals surface area (Å²) in [5.74, 6) is 5.51. The second kappa shape index (κ2) is 6.55. The molecule has 5 heteroatoms. The first-order valence-corrected chi connectivity index (χ1v) is 5.29. The van der Waals surface area contributed by atoms with Gasteiger partial charge in [0.05, 0.1) is 6.20 Å². The molecule has 0 spiro atoms. The highest BCUT2D eigenvalue weighted by Gasteiger charge is 2.10. The lowest BCUT2D eigenvalue weighted by Crippen LogP contribution is -2.28. The average Bonchev–Trinajstić information content (AvgIpc) is 2.73. The van der Waals surface area contributed by atoms with Gasteiger partial charge in [0.1, 0.15) is 0 Å². The second-order valence-corrected chi connectivity index (χ2v) is 3.48. The minimum absolute atomic E-state index is 0.167. The number of nitrogens with one attached hydrogen (secondary N) is 1. The summed E-state index contributed by atoms with van der Waals surface area (Å²) in [4.78, 5) is 0. The molecule has 1 aromatic heterocycles. The summed E-state index contributed by atoms with van der Waals surface area (Å²) >= 11 is 0. The number of nitrogens with two attached hydrogens (primary N) is 1. The molecule has 1 aromatic rings. The maximum Gasteiger partial charge on any atom is 0.0538 e. The van der Waals surface area contributed by atoms with Crippen LogP contribution in [0.3, 0.4) is 0 Å². The van der Waals surface area contributed by atoms with Crippen molar-refractivity contribution in [3.8, 4) is 0 Å². The molecule has 0 amide bonds. The molecule has 0 aromatic carbocycles. The van der Waals surface area contributed by atoms with E-state index in [1.54, 1.807) is 7.11 Å². The Balaban J connectivity index is 2.49. The first-order valence-electron chi connectivity index (χ1n) is 5.29. The number of rotatable bonds is 7. The van der Waals surface area contributed by atoms with Gasteiger partial charge in [-0.25, -0.2) is 0 Å². The fraction of sp³-hybridized carbons (Fsp3) is 0.700. The van der Waals surface area contributed by atoms with Gasteiger partial charge < -0.3 is 4.74 Å². The Hall–Kier alpha value is -0.910. The van der Waals surface area contributed by atoms with E-state index >= 15 is 0 Å². The van der Waals surface area contributed by atoms with E-state index in [1.807, 2.05) is 17.1 Å². The molecule has 15 heavy (non-hydrogen) atoms. The SMILES string of the molecule is CCn1cc(C(CCCOC)NN)cn1. The molecule has 5 nitrogen and oxygen atoms in total. The van der Waals surface area contributed by atoms with Crippen molar-refractivity contribution < 1.29 is 4.74 Å². The van der Waals surface area contributed by atoms with Crippen molar-refractivity contribution in [3.05, 3.63) is 18.0 Å². The van der Waals surface area contributed by atoms with Gasteiger partial charge in [-0.2, -0.15) is 5.10 Å². The lowest BCUT2D eigenvalue weighted by Gasteiger charge is -2.13. The van der Waals surface area contributed by atoms with Crippen molar-refractivity contribution in [2.45, 2.75) is 32.4 Å². The van der Waals surface area contributed by atoms with Gasteiger partial charge in [-0.1, -0.05) is 0 Å². The van der Waals surface area contributed by atoms with Crippen LogP contribution < -0.4 is 11.3 Å². The largest absolute Gasteiger partial charge is 0.385 e. The first kappa shape index (κ1) is 12.2. The van der Waals surface area contributed by atoms with E-state index < -0.39 is 0 Å². The lowest BCUT2D eigenvalue weighted by atomic mass is 10.1. The molecule has 0 fully saturated rings. The van der Waals surface area contributed by atoms with Gasteiger partial charge in [0, 0.05) is 38.1 Å². The maximum atomic E-state index is 5.51. The minimum atomic E-state index is 0.167. The van der Waals surface area contributed by atoms with Gasteiger partial charge in [-0.15, -0.1) is 0 Å². The Morgan fingerprint density at radius 1 is 1.67 bits per heavy atom. The minimum Gasteiger partial charge on any atom is -0.385 e. The van der Waals surface area contributed by atoms with Crippen molar-refractivity contribution in [2.24, 2.45) is 5.84 Å². The van der Waals surface area contributed by atoms with E-state index in [2.05, 4.69) is 17.4 Å². The van der Waals surface area contributed by atoms with E-state index in [9.17, 15) is 0 Å². The quantitative estimate of drug-likeness (QED) is 0.399. The predicted octanol–water partition coefficient (Wildman–Crippen LogP) is 0.834. The lowest BCUT2D eigenvalue weighted by molar-refractivity contribution is 0.189. The molecular formula is C10H20N4O. The summed E-state index contributed by atoms with van der Waals surface area (Å²) < 4.78 is 6.91. The molecule has 0 aliphatic carbocycles. The van der Waals surface area contributed by atoms with Gasteiger partial charge in [0.25, 0.3) is 0 Å². The summed E-state index contributed by atoms with van der Waals surface area (Å²) in [6.45, 7) is 3.71. The highest BCUT2D eigenvalue weighted by molar-refractivity contribution is 5.09. The summed E-state index contributed by atoms with van der Waals surface area (Å²) in [6, 6.07) is 0.167. The van der Waals surface area contributed by atoms with Crippen LogP contribution in [0.25, 0.3) is 0 Å². The Kier molecular flexibility index (Phi) is 5.31. The van der Waals surface area contributed by atoms with E-state index in [1.165, 1.54) is 0 Å². The van der Waals surface area contributed by atoms with Crippen molar-refractivity contribution in [3.63, 3.8) is 0 Å². The second-order valence-electron chi connectivity index (χ2n) is 3.48. The van der Waals surface area contributed by atoms with Gasteiger partial charge >= 0.3 is 0 Å². The number of ether oxygens (including phenoxy) is 1. The van der Waals surface area contributed by atoms with Crippen LogP contribution in [0.15, 0.2) is 12.4 Å². The fourth-order valence-corrected chi connectivity index (χ4v) is 1.51. The number of hydrogen-bond acceptors (Lipinski definition) is 4. The number of nitrogens with zero attached hydrogens (tertiary/aromatic N) is 2. The fourth-order valence-electron chi connectivity index (χ4n) is 1.51. The zero-order valence-corrected chi connectivity index (χ0v) is 9.44. The molecule has 0 saturated heterocycles. The number of hydrogen-bond donors (Lipinski definition) is 2. The molecule has 1 atom stereocenters. The van der Waals surface area contributed by atoms with E-state index in [0.717, 1.165) is 31.6 Å². The molecule has 86 valence electrons. The number of hydrazine groups is 1. The standard InChI is InChI=1S/C10H20N4O/c1-3-14-8-9(7-12-14)10(13-11)5-4-6-15-2/h7-8,10,13H,3-6,11H2,1-2H3. The monoisotopic (exact) mass is 212 g/mol. The molecule has 0 bridgehead atoms. The Morgan fingerprint density at radius 3 is 3.00 bits per heavy atom. The number of aromatic nitrogens is 2. The third kappa shape index (κ3) is 3.62. The van der Waals surface area contributed by atoms with E-state index in [0.29, 0.717) is 0 Å². The molecule has 0 saturated carbocycles. The van der Waals surface area contributed by atoms with Gasteiger partial charge in [-0.3, -0.25) is 16.0 Å². The van der Waals surface area contributed by atoms with Crippen LogP contribution in [0.1, 0.15) is 31.4 Å². The van der Waals surface area contributed by atoms with Crippen molar-refractivity contribution in [1.82, 2.24) is 15.2 Å². The topological polar surface area (TPSA) is 65.1 Å². The Morgan fingerprint density at radius 2 is 2.47 bits per heavy atom. The maximum absolute atomic E-state index is 5.51. The Labute approximate surface area is 90.6 Å². The van der Waals surface area contributed by atoms with E-state index in [4.69, 9.17) is 10.6 Å². The van der Waals surface area contributed by atoms with Crippen molar-refractivity contribution in [1.29, 1.82) is 0 Å². The van der Waals surface area contributed by atoms with Crippen LogP contribution in [-0.4, -0.2) is 23.5 Å². The van der Waals surface area contributed by atoms with Crippen LogP contribution in [0.4, 0.5) is 0 Å². The number of methoxy groups -OCH3 is 1. The summed E-state index contributed by atoms with van der Waals surface area (Å²) in [7, 11) is 1.71. The van der Waals surface area contributed by atoms with Crippen LogP contribution in [-0.2, 0) is 11.3 Å². The van der Waals surface area contributed by atoms with Gasteiger partial charge in [0.15, 0.2) is 0 Å². The molecule has 3 N–H and O–H groups in total. The highest BCUT2D eigenvalue weighted by Crippen LogP contribution is 2.16. The summed E-state index contributed by atoms with van der Waals surface area (Å²) in [5.41, 5.74) is 3.94. The molecule has 1 heterocycles. The molecule has 0 radical (unpaired) electrons. The molecule has 0 aliphatic heterocycles. The molecular weight excluding hydrogens is 192 g/mol. The zero-order valence-electron chi connectivity index (χ0n) is 9.44. The van der Waals surface area contributed by atoms with Crippen LogP contribution in [0.2, 0.25) is 0 Å². The first-order chi connectivity index (χ1) is 7.31. The molecule has 1 rings (SSSR count). The summed E-state index contributed by atoms with van der Waals surface area (Å²) in [6.07, 6.45) is 5.83. The van der Waals surface area contributed by atoms with Crippen LogP contribution >= 0.6 is 0 Å². The third-order valence-electron chi connectivity index (χ3n) is 2.42. The van der Waals surface area contributed by atoms with Crippen molar-refractivity contribution in [2.75, 3.05) is 13.7 Å². The smallest absolute Gasteiger partial charge is 0.0538 e.